The lowest BCUT2D eigenvalue weighted by molar-refractivity contribution is -0.0306. The number of hydrogen-bond donors (Lipinski definition) is 1. The summed E-state index contributed by atoms with van der Waals surface area (Å²) >= 11 is 0. The van der Waals surface area contributed by atoms with Gasteiger partial charge in [0.05, 0.1) is 20.2 Å². The Morgan fingerprint density at radius 2 is 2.19 bits per heavy atom. The number of hydrogen-bond acceptors (Lipinski definition) is 4. The van der Waals surface area contributed by atoms with Gasteiger partial charge in [-0.25, -0.2) is 4.98 Å². The van der Waals surface area contributed by atoms with Crippen LogP contribution in [-0.4, -0.2) is 35.9 Å². The van der Waals surface area contributed by atoms with Crippen LogP contribution in [0, 0.1) is 5.92 Å². The first-order chi connectivity index (χ1) is 7.57. The largest absolute Gasteiger partial charge is 0.493 e. The minimum Gasteiger partial charge on any atom is -0.493 e. The first-order valence-electron chi connectivity index (χ1n) is 5.53. The molecule has 1 N–H and O–H groups in total. The second kappa shape index (κ2) is 3.94. The number of aromatic nitrogens is 1. The Bertz CT molecular complexity index is 373. The zero-order chi connectivity index (χ0) is 11.8. The van der Waals surface area contributed by atoms with Gasteiger partial charge in [-0.05, 0) is 18.1 Å². The van der Waals surface area contributed by atoms with E-state index in [1.165, 1.54) is 0 Å². The van der Waals surface area contributed by atoms with Crippen molar-refractivity contribution in [2.24, 2.45) is 5.92 Å². The number of β-amino-alcohol motifs (C(OH)–C–C–N with tert-alkyl or cyclic N) is 1. The standard InChI is InChI=1S/C12H18N2O2/c1-9(2)12(15)7-14(8-12)11-10(16-3)5-4-6-13-11/h4-6,9,15H,7-8H2,1-3H3. The Balaban J connectivity index is 2.12. The molecule has 2 rings (SSSR count). The number of pyridine rings is 1. The van der Waals surface area contributed by atoms with Gasteiger partial charge in [0.1, 0.15) is 5.60 Å². The van der Waals surface area contributed by atoms with Crippen LogP contribution < -0.4 is 9.64 Å². The number of anilines is 1. The van der Waals surface area contributed by atoms with Crippen LogP contribution in [-0.2, 0) is 0 Å². The quantitative estimate of drug-likeness (QED) is 0.837. The molecule has 4 nitrogen and oxygen atoms in total. The first-order valence-corrected chi connectivity index (χ1v) is 5.53. The third-order valence-electron chi connectivity index (χ3n) is 3.27. The van der Waals surface area contributed by atoms with Crippen molar-refractivity contribution < 1.29 is 9.84 Å². The highest BCUT2D eigenvalue weighted by Crippen LogP contribution is 2.35. The summed E-state index contributed by atoms with van der Waals surface area (Å²) in [7, 11) is 1.63. The number of nitrogens with zero attached hydrogens (tertiary/aromatic N) is 2. The van der Waals surface area contributed by atoms with E-state index in [9.17, 15) is 5.11 Å². The van der Waals surface area contributed by atoms with Crippen molar-refractivity contribution in [3.63, 3.8) is 0 Å². The maximum Gasteiger partial charge on any atom is 0.171 e. The van der Waals surface area contributed by atoms with E-state index in [-0.39, 0.29) is 5.92 Å². The average molecular weight is 222 g/mol. The van der Waals surface area contributed by atoms with Crippen LogP contribution in [0.15, 0.2) is 18.3 Å². The van der Waals surface area contributed by atoms with Gasteiger partial charge in [-0.2, -0.15) is 0 Å². The van der Waals surface area contributed by atoms with Crippen molar-refractivity contribution in [2.75, 3.05) is 25.1 Å². The molecule has 1 aliphatic rings. The molecule has 0 unspecified atom stereocenters. The summed E-state index contributed by atoms with van der Waals surface area (Å²) in [5.41, 5.74) is -0.581. The summed E-state index contributed by atoms with van der Waals surface area (Å²) in [6.45, 7) is 5.32. The lowest BCUT2D eigenvalue weighted by atomic mass is 9.83. The lowest BCUT2D eigenvalue weighted by Gasteiger charge is -2.49. The molecule has 0 amide bonds. The Morgan fingerprint density at radius 3 is 2.75 bits per heavy atom. The molecule has 0 bridgehead atoms. The van der Waals surface area contributed by atoms with E-state index in [0.717, 1.165) is 11.6 Å². The van der Waals surface area contributed by atoms with Gasteiger partial charge in [0.25, 0.3) is 0 Å². The van der Waals surface area contributed by atoms with Crippen molar-refractivity contribution in [1.82, 2.24) is 4.98 Å². The molecular formula is C12H18N2O2. The van der Waals surface area contributed by atoms with E-state index in [0.29, 0.717) is 13.1 Å². The van der Waals surface area contributed by atoms with E-state index in [1.54, 1.807) is 13.3 Å². The van der Waals surface area contributed by atoms with Gasteiger partial charge in [0, 0.05) is 6.20 Å². The van der Waals surface area contributed by atoms with Crippen molar-refractivity contribution >= 4 is 5.82 Å². The van der Waals surface area contributed by atoms with Gasteiger partial charge >= 0.3 is 0 Å². The molecule has 1 aromatic rings. The van der Waals surface area contributed by atoms with Gasteiger partial charge in [0.2, 0.25) is 0 Å². The summed E-state index contributed by atoms with van der Waals surface area (Å²) in [4.78, 5) is 6.33. The second-order valence-electron chi connectivity index (χ2n) is 4.64. The molecule has 0 radical (unpaired) electrons. The van der Waals surface area contributed by atoms with Gasteiger partial charge in [-0.15, -0.1) is 0 Å². The molecule has 88 valence electrons. The molecule has 1 aliphatic heterocycles. The van der Waals surface area contributed by atoms with E-state index < -0.39 is 5.60 Å². The van der Waals surface area contributed by atoms with Gasteiger partial charge in [-0.3, -0.25) is 0 Å². The molecule has 1 aromatic heterocycles. The van der Waals surface area contributed by atoms with Crippen molar-refractivity contribution in [2.45, 2.75) is 19.4 Å². The third kappa shape index (κ3) is 1.73. The monoisotopic (exact) mass is 222 g/mol. The van der Waals surface area contributed by atoms with Crippen molar-refractivity contribution in [3.05, 3.63) is 18.3 Å². The Hall–Kier alpha value is -1.29. The predicted molar refractivity (Wildman–Crippen MR) is 62.8 cm³/mol. The fraction of sp³-hybridized carbons (Fsp3) is 0.583. The maximum absolute atomic E-state index is 10.2. The van der Waals surface area contributed by atoms with Gasteiger partial charge in [-0.1, -0.05) is 13.8 Å². The summed E-state index contributed by atoms with van der Waals surface area (Å²) in [5.74, 6) is 1.84. The molecule has 2 heterocycles. The van der Waals surface area contributed by atoms with E-state index in [1.807, 2.05) is 30.9 Å². The molecule has 0 spiro atoms. The van der Waals surface area contributed by atoms with Gasteiger partial charge < -0.3 is 14.7 Å². The number of aliphatic hydroxyl groups is 1. The zero-order valence-corrected chi connectivity index (χ0v) is 9.97. The fourth-order valence-electron chi connectivity index (χ4n) is 1.91. The van der Waals surface area contributed by atoms with Gasteiger partial charge in [0.15, 0.2) is 11.6 Å². The smallest absolute Gasteiger partial charge is 0.171 e. The van der Waals surface area contributed by atoms with Crippen LogP contribution in [0.3, 0.4) is 0 Å². The van der Waals surface area contributed by atoms with E-state index in [4.69, 9.17) is 4.74 Å². The van der Waals surface area contributed by atoms with E-state index >= 15 is 0 Å². The minimum absolute atomic E-state index is 0.262. The summed E-state index contributed by atoms with van der Waals surface area (Å²) in [6.07, 6.45) is 1.74. The molecule has 1 saturated heterocycles. The normalized spacial score (nSPS) is 18.4. The summed E-state index contributed by atoms with van der Waals surface area (Å²) < 4.78 is 5.25. The molecule has 0 aliphatic carbocycles. The molecule has 16 heavy (non-hydrogen) atoms. The molecule has 4 heteroatoms. The molecule has 0 saturated carbocycles. The van der Waals surface area contributed by atoms with Crippen LogP contribution in [0.1, 0.15) is 13.8 Å². The highest BCUT2D eigenvalue weighted by atomic mass is 16.5. The maximum atomic E-state index is 10.2. The highest BCUT2D eigenvalue weighted by molar-refractivity contribution is 5.55. The molecule has 0 atom stereocenters. The highest BCUT2D eigenvalue weighted by Gasteiger charge is 2.44. The fourth-order valence-corrected chi connectivity index (χ4v) is 1.91. The topological polar surface area (TPSA) is 45.6 Å². The summed E-state index contributed by atoms with van der Waals surface area (Å²) in [5, 5.41) is 10.2. The molecular weight excluding hydrogens is 204 g/mol. The third-order valence-corrected chi connectivity index (χ3v) is 3.27. The average Bonchev–Trinajstić information content (AvgIpc) is 2.24. The lowest BCUT2D eigenvalue weighted by Crippen LogP contribution is -2.65. The Kier molecular flexibility index (Phi) is 2.76. The molecule has 1 fully saturated rings. The van der Waals surface area contributed by atoms with Crippen LogP contribution in [0.2, 0.25) is 0 Å². The van der Waals surface area contributed by atoms with E-state index in [2.05, 4.69) is 4.98 Å². The number of ether oxygens (including phenoxy) is 1. The summed E-state index contributed by atoms with van der Waals surface area (Å²) in [6, 6.07) is 3.73. The predicted octanol–water partition coefficient (Wildman–Crippen LogP) is 1.30. The van der Waals surface area contributed by atoms with Crippen LogP contribution in [0.5, 0.6) is 5.75 Å². The second-order valence-corrected chi connectivity index (χ2v) is 4.64. The SMILES string of the molecule is COc1cccnc1N1CC(O)(C(C)C)C1. The molecule has 0 aromatic carbocycles. The first kappa shape index (κ1) is 11.2. The van der Waals surface area contributed by atoms with Crippen LogP contribution in [0.4, 0.5) is 5.82 Å². The number of methoxy groups -OCH3 is 1. The Morgan fingerprint density at radius 1 is 1.50 bits per heavy atom. The van der Waals surface area contributed by atoms with Crippen LogP contribution in [0.25, 0.3) is 0 Å². The van der Waals surface area contributed by atoms with Crippen molar-refractivity contribution in [3.8, 4) is 5.75 Å². The zero-order valence-electron chi connectivity index (χ0n) is 9.97. The Labute approximate surface area is 95.9 Å². The number of rotatable bonds is 3. The minimum atomic E-state index is -0.581. The van der Waals surface area contributed by atoms with Crippen molar-refractivity contribution in [1.29, 1.82) is 0 Å². The van der Waals surface area contributed by atoms with Crippen LogP contribution >= 0.6 is 0 Å².